The van der Waals surface area contributed by atoms with Crippen LogP contribution in [0.3, 0.4) is 0 Å². The summed E-state index contributed by atoms with van der Waals surface area (Å²) in [5, 5.41) is -0.0123. The van der Waals surface area contributed by atoms with Gasteiger partial charge in [-0.05, 0) is 34.8 Å². The van der Waals surface area contributed by atoms with Gasteiger partial charge in [0.1, 0.15) is 5.75 Å². The Balaban J connectivity index is 2.69. The number of carbonyl (C=O) groups excluding carboxylic acids is 1. The van der Waals surface area contributed by atoms with Crippen molar-refractivity contribution in [2.24, 2.45) is 0 Å². The topological polar surface area (TPSA) is 38.3 Å². The van der Waals surface area contributed by atoms with Gasteiger partial charge in [-0.3, -0.25) is 4.79 Å². The van der Waals surface area contributed by atoms with Gasteiger partial charge < -0.3 is 10.0 Å². The number of carbonyl (C=O) groups is 1. The van der Waals surface area contributed by atoms with E-state index in [0.717, 1.165) is 0 Å². The highest BCUT2D eigenvalue weighted by atomic mass is 16.5. The second-order valence-electron chi connectivity index (χ2n) is 3.45. The Labute approximate surface area is 121 Å². The van der Waals surface area contributed by atoms with Crippen LogP contribution in [0.15, 0.2) is 36.3 Å². The van der Waals surface area contributed by atoms with E-state index in [1.807, 2.05) is 0 Å². The summed E-state index contributed by atoms with van der Waals surface area (Å²) in [6.07, 6.45) is -0.251. The number of nitrogens with one attached hydrogen (secondary N) is 1. The molecular formula is C15H17NO2. The lowest BCUT2D eigenvalue weighted by molar-refractivity contribution is -0.118. The van der Waals surface area contributed by atoms with E-state index < -0.39 is 49.5 Å². The van der Waals surface area contributed by atoms with Gasteiger partial charge in [-0.1, -0.05) is 24.2 Å². The molecule has 0 saturated heterocycles. The summed E-state index contributed by atoms with van der Waals surface area (Å²) < 4.78 is 82.2. The van der Waals surface area contributed by atoms with Crippen molar-refractivity contribution in [2.75, 3.05) is 13.7 Å². The van der Waals surface area contributed by atoms with E-state index in [9.17, 15) is 4.79 Å². The minimum absolute atomic E-state index is 0.00314. The van der Waals surface area contributed by atoms with Gasteiger partial charge in [0.25, 0.3) is 0 Å². The summed E-state index contributed by atoms with van der Waals surface area (Å²) in [6.45, 7) is -3.44. The van der Waals surface area contributed by atoms with Crippen LogP contribution in [-0.2, 0) is 11.2 Å². The van der Waals surface area contributed by atoms with Crippen molar-refractivity contribution in [3.8, 4) is 5.75 Å². The molecule has 2 aromatic carbocycles. The molecule has 0 unspecified atom stereocenters. The average Bonchev–Trinajstić information content (AvgIpc) is 2.62. The van der Waals surface area contributed by atoms with Gasteiger partial charge in [0, 0.05) is 17.5 Å². The zero-order valence-corrected chi connectivity index (χ0v) is 9.68. The van der Waals surface area contributed by atoms with Gasteiger partial charge in [0.05, 0.1) is 15.3 Å². The van der Waals surface area contributed by atoms with Crippen LogP contribution in [0.4, 0.5) is 0 Å². The molecule has 1 amide bonds. The molecule has 0 aromatic heterocycles. The Morgan fingerprint density at radius 3 is 3.17 bits per heavy atom. The fourth-order valence-electron chi connectivity index (χ4n) is 1.50. The zero-order chi connectivity index (χ0) is 21.5. The summed E-state index contributed by atoms with van der Waals surface area (Å²) in [5.41, 5.74) is 0.00314. The summed E-state index contributed by atoms with van der Waals surface area (Å²) in [6, 6.07) is -2.67. The average molecular weight is 253 g/mol. The van der Waals surface area contributed by atoms with Crippen LogP contribution in [0.1, 0.15) is 24.8 Å². The molecule has 0 radical (unpaired) electrons. The molecule has 0 spiro atoms. The van der Waals surface area contributed by atoms with Crippen molar-refractivity contribution in [1.29, 1.82) is 0 Å². The van der Waals surface area contributed by atoms with Gasteiger partial charge >= 0.3 is 0 Å². The summed E-state index contributed by atoms with van der Waals surface area (Å²) >= 11 is 0. The normalized spacial score (nSPS) is 18.9. The van der Waals surface area contributed by atoms with Crippen LogP contribution in [0, 0.1) is 0 Å². The summed E-state index contributed by atoms with van der Waals surface area (Å²) in [5.74, 6) is -1.65. The van der Waals surface area contributed by atoms with E-state index in [4.69, 9.17) is 18.5 Å². The van der Waals surface area contributed by atoms with E-state index in [1.54, 1.807) is 0 Å². The molecule has 0 bridgehead atoms. The van der Waals surface area contributed by atoms with E-state index in [2.05, 4.69) is 0 Å². The van der Waals surface area contributed by atoms with Crippen LogP contribution >= 0.6 is 0 Å². The van der Waals surface area contributed by atoms with E-state index in [-0.39, 0.29) is 39.9 Å². The van der Waals surface area contributed by atoms with Crippen molar-refractivity contribution >= 4 is 16.7 Å². The molecule has 0 atom stereocenters. The molecule has 0 saturated carbocycles. The monoisotopic (exact) mass is 253 g/mol. The van der Waals surface area contributed by atoms with Crippen molar-refractivity contribution in [2.45, 2.75) is 13.3 Å². The standard InChI is InChI=1S/C15H17NO2/c1-11(17)16-9-8-13-5-3-4-12-6-7-14(18-2)10-15(12)13/h3-7,10H,8-9H2,1-2H3,(H,16,17)/i1D3,3D,4D,5D,6D,7D,10D/hD. The number of benzene rings is 2. The Hall–Kier alpha value is -2.03. The Morgan fingerprint density at radius 2 is 2.39 bits per heavy atom. The molecule has 2 aromatic rings. The fraction of sp³-hybridized carbons (Fsp3) is 0.267. The summed E-state index contributed by atoms with van der Waals surface area (Å²) in [4.78, 5) is 11.7. The molecule has 1 N–H and O–H groups in total. The molecule has 0 aliphatic carbocycles. The molecule has 18 heavy (non-hydrogen) atoms. The number of amides is 1. The minimum atomic E-state index is -3.00. The van der Waals surface area contributed by atoms with Gasteiger partial charge in [-0.15, -0.1) is 0 Å². The maximum atomic E-state index is 11.7. The first-order chi connectivity index (χ1) is 12.8. The van der Waals surface area contributed by atoms with Crippen LogP contribution in [0.25, 0.3) is 10.8 Å². The quantitative estimate of drug-likeness (QED) is 0.909. The molecule has 2 rings (SSSR count). The fourth-order valence-corrected chi connectivity index (χ4v) is 1.50. The van der Waals surface area contributed by atoms with E-state index >= 15 is 0 Å². The minimum Gasteiger partial charge on any atom is -0.497 e. The van der Waals surface area contributed by atoms with Crippen molar-refractivity contribution in [1.82, 2.24) is 5.31 Å². The van der Waals surface area contributed by atoms with Gasteiger partial charge in [0.15, 0.2) is 1.41 Å². The number of fused-ring (bicyclic) bond motifs is 1. The summed E-state index contributed by atoms with van der Waals surface area (Å²) in [7, 11) is 1.21. The van der Waals surface area contributed by atoms with Crippen molar-refractivity contribution in [3.63, 3.8) is 0 Å². The largest absolute Gasteiger partial charge is 0.497 e. The number of ether oxygens (including phenoxy) is 1. The third kappa shape index (κ3) is 2.80. The zero-order valence-electron chi connectivity index (χ0n) is 19.7. The van der Waals surface area contributed by atoms with Gasteiger partial charge in [-0.2, -0.15) is 0 Å². The van der Waals surface area contributed by atoms with Crippen LogP contribution in [0.5, 0.6) is 5.75 Å². The molecule has 3 nitrogen and oxygen atoms in total. The third-order valence-corrected chi connectivity index (χ3v) is 2.31. The number of hydrogen-bond acceptors (Lipinski definition) is 2. The molecule has 0 aliphatic rings. The second kappa shape index (κ2) is 5.54. The maximum absolute atomic E-state index is 11.7. The van der Waals surface area contributed by atoms with E-state index in [1.165, 1.54) is 7.11 Å². The van der Waals surface area contributed by atoms with Crippen LogP contribution in [0.2, 0.25) is 1.41 Å². The highest BCUT2D eigenvalue weighted by Gasteiger charge is 2.03. The van der Waals surface area contributed by atoms with Crippen molar-refractivity contribution in [3.05, 3.63) is 41.8 Å². The highest BCUT2D eigenvalue weighted by Crippen LogP contribution is 2.24. The first-order valence-electron chi connectivity index (χ1n) is 10.2. The molecule has 94 valence electrons. The molecule has 0 heterocycles. The predicted molar refractivity (Wildman–Crippen MR) is 72.9 cm³/mol. The van der Waals surface area contributed by atoms with E-state index in [0.29, 0.717) is 0 Å². The predicted octanol–water partition coefficient (Wildman–Crippen LogP) is 2.53. The lowest BCUT2D eigenvalue weighted by Crippen LogP contribution is -2.22. The Bertz CT molecular complexity index is 957. The van der Waals surface area contributed by atoms with Gasteiger partial charge in [0.2, 0.25) is 5.91 Å². The number of rotatable bonds is 4. The first kappa shape index (κ1) is 4.92. The lowest BCUT2D eigenvalue weighted by atomic mass is 10.0. The SMILES string of the molecule is [2H]c1c([2H])c(CCN([2H])C(=O)C([2H])([2H])[2H])c2c([2H])c(OC)c([2H])c([2H])c2c1[2H]. The molecule has 3 heteroatoms. The molecule has 0 fully saturated rings. The Morgan fingerprint density at radius 1 is 1.50 bits per heavy atom. The maximum Gasteiger partial charge on any atom is 0.216 e. The smallest absolute Gasteiger partial charge is 0.216 e. The number of methoxy groups -OCH3 is 1. The number of hydrogen-bond donors (Lipinski definition) is 1. The highest BCUT2D eigenvalue weighted by molar-refractivity contribution is 5.87. The van der Waals surface area contributed by atoms with Crippen LogP contribution in [-0.4, -0.2) is 19.6 Å². The molecular weight excluding hydrogens is 226 g/mol. The lowest BCUT2D eigenvalue weighted by Gasteiger charge is -2.08. The Kier molecular flexibility index (Phi) is 1.51. The third-order valence-electron chi connectivity index (χ3n) is 2.31. The van der Waals surface area contributed by atoms with Gasteiger partial charge in [-0.25, -0.2) is 0 Å². The second-order valence-corrected chi connectivity index (χ2v) is 3.45. The molecule has 0 aliphatic heterocycles. The van der Waals surface area contributed by atoms with Crippen LogP contribution < -0.4 is 10.0 Å². The van der Waals surface area contributed by atoms with Crippen molar-refractivity contribution < 1.29 is 23.3 Å². The first-order valence-corrected chi connectivity index (χ1v) is 5.21.